The van der Waals surface area contributed by atoms with Crippen molar-refractivity contribution in [2.45, 2.75) is 32.8 Å². The van der Waals surface area contributed by atoms with Gasteiger partial charge in [-0.3, -0.25) is 0 Å². The van der Waals surface area contributed by atoms with Gasteiger partial charge in [-0.05, 0) is 36.1 Å². The van der Waals surface area contributed by atoms with E-state index in [4.69, 9.17) is 4.42 Å². The number of aryl methyl sites for hydroxylation is 1. The van der Waals surface area contributed by atoms with Gasteiger partial charge in [-0.1, -0.05) is 38.1 Å². The molecule has 0 fully saturated rings. The van der Waals surface area contributed by atoms with Crippen LogP contribution in [0, 0.1) is 6.92 Å². The van der Waals surface area contributed by atoms with Crippen LogP contribution < -0.4 is 0 Å². The van der Waals surface area contributed by atoms with Crippen LogP contribution in [0.4, 0.5) is 0 Å². The van der Waals surface area contributed by atoms with E-state index in [9.17, 15) is 5.11 Å². The van der Waals surface area contributed by atoms with Crippen molar-refractivity contribution in [1.82, 2.24) is 0 Å². The first-order valence-electron chi connectivity index (χ1n) is 5.93. The van der Waals surface area contributed by atoms with E-state index in [1.807, 2.05) is 37.3 Å². The van der Waals surface area contributed by atoms with E-state index >= 15 is 0 Å². The van der Waals surface area contributed by atoms with Crippen LogP contribution in [0.25, 0.3) is 0 Å². The zero-order chi connectivity index (χ0) is 12.4. The molecule has 0 aliphatic heterocycles. The zero-order valence-electron chi connectivity index (χ0n) is 10.5. The molecule has 0 aliphatic carbocycles. The molecule has 0 bridgehead atoms. The second kappa shape index (κ2) is 4.76. The highest BCUT2D eigenvalue weighted by Crippen LogP contribution is 2.29. The molecule has 0 saturated heterocycles. The Labute approximate surface area is 102 Å². The van der Waals surface area contributed by atoms with Crippen molar-refractivity contribution >= 4 is 0 Å². The van der Waals surface area contributed by atoms with E-state index in [0.29, 0.717) is 11.7 Å². The molecule has 0 radical (unpaired) electrons. The molecule has 2 nitrogen and oxygen atoms in total. The molecule has 1 heterocycles. The Morgan fingerprint density at radius 3 is 2.18 bits per heavy atom. The van der Waals surface area contributed by atoms with Crippen LogP contribution in [0.2, 0.25) is 0 Å². The van der Waals surface area contributed by atoms with E-state index in [1.54, 1.807) is 0 Å². The summed E-state index contributed by atoms with van der Waals surface area (Å²) in [6, 6.07) is 11.7. The Kier molecular flexibility index (Phi) is 3.34. The number of hydrogen-bond donors (Lipinski definition) is 1. The van der Waals surface area contributed by atoms with Gasteiger partial charge in [0.05, 0.1) is 0 Å². The molecule has 0 spiro atoms. The lowest BCUT2D eigenvalue weighted by molar-refractivity contribution is 0.186. The molecule has 2 aromatic rings. The molecule has 0 amide bonds. The van der Waals surface area contributed by atoms with Crippen molar-refractivity contribution in [2.75, 3.05) is 0 Å². The third kappa shape index (κ3) is 2.42. The van der Waals surface area contributed by atoms with Crippen molar-refractivity contribution in [2.24, 2.45) is 0 Å². The van der Waals surface area contributed by atoms with Gasteiger partial charge in [0.1, 0.15) is 17.6 Å². The molecule has 0 unspecified atom stereocenters. The summed E-state index contributed by atoms with van der Waals surface area (Å²) < 4.78 is 5.48. The van der Waals surface area contributed by atoms with E-state index < -0.39 is 6.10 Å². The Bertz CT molecular complexity index is 497. The predicted octanol–water partition coefficient (Wildman–Crippen LogP) is 3.79. The summed E-state index contributed by atoms with van der Waals surface area (Å²) in [4.78, 5) is 0. The number of aliphatic hydroxyl groups is 1. The Hall–Kier alpha value is -1.54. The lowest BCUT2D eigenvalue weighted by Gasteiger charge is -2.16. The molecular formula is C15H18O2. The second-order valence-corrected chi connectivity index (χ2v) is 4.63. The highest BCUT2D eigenvalue weighted by atomic mass is 16.4. The number of rotatable bonds is 3. The maximum Gasteiger partial charge on any atom is 0.137 e. The Morgan fingerprint density at radius 2 is 1.65 bits per heavy atom. The third-order valence-corrected chi connectivity index (χ3v) is 2.94. The average Bonchev–Trinajstić information content (AvgIpc) is 2.75. The summed E-state index contributed by atoms with van der Waals surface area (Å²) in [5, 5.41) is 10.3. The van der Waals surface area contributed by atoms with E-state index in [2.05, 4.69) is 19.9 Å². The fraction of sp³-hybridized carbons (Fsp3) is 0.333. The fourth-order valence-electron chi connectivity index (χ4n) is 2.04. The first kappa shape index (κ1) is 11.9. The number of hydrogen-bond acceptors (Lipinski definition) is 2. The Morgan fingerprint density at radius 1 is 1.00 bits per heavy atom. The maximum atomic E-state index is 10.3. The van der Waals surface area contributed by atoms with Crippen molar-refractivity contribution in [3.8, 4) is 0 Å². The monoisotopic (exact) mass is 230 g/mol. The molecular weight excluding hydrogens is 212 g/mol. The molecule has 2 heteroatoms. The van der Waals surface area contributed by atoms with Crippen LogP contribution in [0.1, 0.15) is 48.5 Å². The van der Waals surface area contributed by atoms with Crippen LogP contribution in [-0.4, -0.2) is 5.11 Å². The summed E-state index contributed by atoms with van der Waals surface area (Å²) >= 11 is 0. The molecule has 17 heavy (non-hydrogen) atoms. The fourth-order valence-corrected chi connectivity index (χ4v) is 2.04. The minimum atomic E-state index is -0.678. The van der Waals surface area contributed by atoms with Gasteiger partial charge in [-0.15, -0.1) is 0 Å². The lowest BCUT2D eigenvalue weighted by Crippen LogP contribution is -2.03. The van der Waals surface area contributed by atoms with Gasteiger partial charge in [0, 0.05) is 0 Å². The lowest BCUT2D eigenvalue weighted by atomic mass is 9.93. The summed E-state index contributed by atoms with van der Waals surface area (Å²) in [6.45, 7) is 6.13. The summed E-state index contributed by atoms with van der Waals surface area (Å²) in [5.74, 6) is 1.81. The normalized spacial score (nSPS) is 13.0. The number of furan rings is 1. The quantitative estimate of drug-likeness (QED) is 0.870. The van der Waals surface area contributed by atoms with Gasteiger partial charge in [0.15, 0.2) is 0 Å². The summed E-state index contributed by atoms with van der Waals surface area (Å²) in [7, 11) is 0. The van der Waals surface area contributed by atoms with Crippen LogP contribution in [0.3, 0.4) is 0 Å². The minimum absolute atomic E-state index is 0.386. The smallest absolute Gasteiger partial charge is 0.137 e. The van der Waals surface area contributed by atoms with E-state index in [0.717, 1.165) is 16.9 Å². The molecule has 1 N–H and O–H groups in total. The topological polar surface area (TPSA) is 33.4 Å². The molecule has 1 aromatic heterocycles. The first-order valence-corrected chi connectivity index (χ1v) is 5.93. The average molecular weight is 230 g/mol. The van der Waals surface area contributed by atoms with Crippen LogP contribution in [0.5, 0.6) is 0 Å². The highest BCUT2D eigenvalue weighted by Gasteiger charge is 2.18. The molecule has 0 aliphatic rings. The SMILES string of the molecule is Cc1ccc([C@H](O)c2ccccc2C(C)C)o1. The maximum absolute atomic E-state index is 10.3. The predicted molar refractivity (Wildman–Crippen MR) is 68.0 cm³/mol. The minimum Gasteiger partial charge on any atom is -0.463 e. The molecule has 1 aromatic carbocycles. The molecule has 90 valence electrons. The van der Waals surface area contributed by atoms with Crippen LogP contribution >= 0.6 is 0 Å². The van der Waals surface area contributed by atoms with Gasteiger partial charge in [-0.2, -0.15) is 0 Å². The first-order chi connectivity index (χ1) is 8.09. The number of aliphatic hydroxyl groups excluding tert-OH is 1. The molecule has 2 rings (SSSR count). The van der Waals surface area contributed by atoms with Gasteiger partial charge in [-0.25, -0.2) is 0 Å². The van der Waals surface area contributed by atoms with Gasteiger partial charge >= 0.3 is 0 Å². The highest BCUT2D eigenvalue weighted by molar-refractivity contribution is 5.35. The van der Waals surface area contributed by atoms with Crippen LogP contribution in [-0.2, 0) is 0 Å². The van der Waals surface area contributed by atoms with Gasteiger partial charge in [0.2, 0.25) is 0 Å². The Balaban J connectivity index is 2.40. The van der Waals surface area contributed by atoms with Gasteiger partial charge in [0.25, 0.3) is 0 Å². The second-order valence-electron chi connectivity index (χ2n) is 4.63. The molecule has 1 atom stereocenters. The van der Waals surface area contributed by atoms with Crippen LogP contribution in [0.15, 0.2) is 40.8 Å². The zero-order valence-corrected chi connectivity index (χ0v) is 10.5. The largest absolute Gasteiger partial charge is 0.463 e. The van der Waals surface area contributed by atoms with E-state index in [-0.39, 0.29) is 0 Å². The summed E-state index contributed by atoms with van der Waals surface area (Å²) in [6.07, 6.45) is -0.678. The molecule has 0 saturated carbocycles. The van der Waals surface area contributed by atoms with Crippen molar-refractivity contribution in [3.63, 3.8) is 0 Å². The number of benzene rings is 1. The van der Waals surface area contributed by atoms with Gasteiger partial charge < -0.3 is 9.52 Å². The summed E-state index contributed by atoms with van der Waals surface area (Å²) in [5.41, 5.74) is 2.09. The van der Waals surface area contributed by atoms with Crippen molar-refractivity contribution < 1.29 is 9.52 Å². The van der Waals surface area contributed by atoms with Crippen molar-refractivity contribution in [1.29, 1.82) is 0 Å². The van der Waals surface area contributed by atoms with E-state index in [1.165, 1.54) is 0 Å². The van der Waals surface area contributed by atoms with Crippen molar-refractivity contribution in [3.05, 3.63) is 59.0 Å². The third-order valence-electron chi connectivity index (χ3n) is 2.94. The standard InChI is InChI=1S/C15H18O2/c1-10(2)12-6-4-5-7-13(12)15(16)14-9-8-11(3)17-14/h4-10,15-16H,1-3H3/t15-/m1/s1.